The summed E-state index contributed by atoms with van der Waals surface area (Å²) in [5.41, 5.74) is 1.46. The number of ketones is 1. The summed E-state index contributed by atoms with van der Waals surface area (Å²) in [4.78, 5) is 28.5. The van der Waals surface area contributed by atoms with Gasteiger partial charge in [-0.25, -0.2) is 57.5 Å². The van der Waals surface area contributed by atoms with Crippen LogP contribution >= 0.6 is 0 Å². The third-order valence-electron chi connectivity index (χ3n) is 17.5. The maximum Gasteiger partial charge on any atom is 0.338 e. The Morgan fingerprint density at radius 2 is 0.880 bits per heavy atom. The number of hydrogen-bond donors (Lipinski definition) is 1. The molecule has 1 saturated heterocycles. The van der Waals surface area contributed by atoms with Gasteiger partial charge in [-0.1, -0.05) is 30.7 Å². The summed E-state index contributed by atoms with van der Waals surface area (Å²) in [6.07, 6.45) is 7.89. The van der Waals surface area contributed by atoms with Gasteiger partial charge in [-0.05, 0) is 164 Å². The van der Waals surface area contributed by atoms with Crippen molar-refractivity contribution in [2.45, 2.75) is 234 Å². The van der Waals surface area contributed by atoms with Crippen molar-refractivity contribution >= 4 is 11.8 Å². The first kappa shape index (κ1) is 60.9. The van der Waals surface area contributed by atoms with E-state index < -0.39 is 47.6 Å². The average molecular weight is 1080 g/mol. The number of rotatable bonds is 10. The topological polar surface area (TPSA) is 68.3 Å². The number of carbonyl (C=O) groups excluding carboxylic acids is 2. The molecule has 17 heteroatoms. The van der Waals surface area contributed by atoms with Gasteiger partial charge < -0.3 is 10.1 Å². The second-order valence-electron chi connectivity index (χ2n) is 23.2. The summed E-state index contributed by atoms with van der Waals surface area (Å²) in [6, 6.07) is 14.8. The van der Waals surface area contributed by atoms with Crippen LogP contribution in [0.1, 0.15) is 196 Å². The van der Waals surface area contributed by atoms with Crippen LogP contribution in [0.25, 0.3) is 0 Å². The molecule has 1 aliphatic heterocycles. The molecule has 2 aromatic rings. The molecule has 7 fully saturated rings. The molecule has 1 aromatic heterocycles. The van der Waals surface area contributed by atoms with E-state index in [0.29, 0.717) is 55.0 Å². The molecule has 0 bridgehead atoms. The van der Waals surface area contributed by atoms with E-state index in [0.717, 1.165) is 25.1 Å². The quantitative estimate of drug-likeness (QED) is 0.190. The van der Waals surface area contributed by atoms with Gasteiger partial charge in [0.05, 0.1) is 5.56 Å². The highest BCUT2D eigenvalue weighted by Crippen LogP contribution is 2.49. The molecule has 5 nitrogen and oxygen atoms in total. The van der Waals surface area contributed by atoms with Crippen LogP contribution in [0.4, 0.5) is 52.7 Å². The lowest BCUT2D eigenvalue weighted by Crippen LogP contribution is -2.41. The van der Waals surface area contributed by atoms with Crippen LogP contribution in [0.2, 0.25) is 0 Å². The molecule has 9 rings (SSSR count). The molecule has 6 saturated carbocycles. The number of esters is 1. The Bertz CT molecular complexity index is 1890. The minimum Gasteiger partial charge on any atom is -0.458 e. The van der Waals surface area contributed by atoms with Crippen molar-refractivity contribution in [1.29, 1.82) is 0 Å². The summed E-state index contributed by atoms with van der Waals surface area (Å²) in [7, 11) is 0. The molecule has 7 aliphatic rings. The Kier molecular flexibility index (Phi) is 21.9. The third kappa shape index (κ3) is 20.1. The van der Waals surface area contributed by atoms with Gasteiger partial charge in [-0.3, -0.25) is 9.78 Å². The van der Waals surface area contributed by atoms with E-state index in [2.05, 4.69) is 10.3 Å². The van der Waals surface area contributed by atoms with Crippen LogP contribution < -0.4 is 5.32 Å². The van der Waals surface area contributed by atoms with Gasteiger partial charge in [-0.2, -0.15) is 0 Å². The number of pyridine rings is 1. The van der Waals surface area contributed by atoms with Crippen molar-refractivity contribution in [3.8, 4) is 0 Å². The number of nitrogens with zero attached hydrogens (tertiary/aromatic N) is 1. The molecule has 2 heterocycles. The van der Waals surface area contributed by atoms with Crippen molar-refractivity contribution < 1.29 is 67.0 Å². The number of aryl methyl sites for hydroxylation is 1. The van der Waals surface area contributed by atoms with E-state index in [4.69, 9.17) is 4.74 Å². The van der Waals surface area contributed by atoms with E-state index in [9.17, 15) is 62.3 Å². The van der Waals surface area contributed by atoms with Crippen molar-refractivity contribution in [3.63, 3.8) is 0 Å². The molecule has 0 amide bonds. The lowest BCUT2D eigenvalue weighted by atomic mass is 9.66. The standard InChI is InChI=1S/C20H24F4O2.C19H31F4N.C13H18F4O.C6H7N/c21-19(22)10-6-14(7-11-19)17(15-8-12-20(23,24)13-9-15)26-18(25)16-4-2-1-3-5-16;20-18(21)8-4-14(5-9-18)17(13-16-3-1-2-12-24-16)15-6-10-19(22,23)11-7-15;14-12(15)5-1-9(2-6-12)11(18)10-3-7-13(16,17)8-4-10;1-6-4-2-3-5-7-6/h1-5,14-15,17H,6-13H2;14-17,24H,1-13H2;9-10H,1-8H2;2-5H,1H3. The summed E-state index contributed by atoms with van der Waals surface area (Å²) < 4.78 is 166. The van der Waals surface area contributed by atoms with Gasteiger partial charge >= 0.3 is 5.97 Å². The maximum atomic E-state index is 13.5. The van der Waals surface area contributed by atoms with E-state index in [1.165, 1.54) is 12.8 Å². The second kappa shape index (κ2) is 27.0. The highest BCUT2D eigenvalue weighted by Gasteiger charge is 2.47. The summed E-state index contributed by atoms with van der Waals surface area (Å²) >= 11 is 0. The number of piperidine rings is 1. The van der Waals surface area contributed by atoms with Gasteiger partial charge in [0.1, 0.15) is 11.9 Å². The first-order valence-electron chi connectivity index (χ1n) is 28.0. The van der Waals surface area contributed by atoms with Gasteiger partial charge in [0.25, 0.3) is 0 Å². The highest BCUT2D eigenvalue weighted by atomic mass is 19.3. The van der Waals surface area contributed by atoms with Gasteiger partial charge in [0.2, 0.25) is 35.5 Å². The van der Waals surface area contributed by atoms with Crippen molar-refractivity contribution in [3.05, 3.63) is 66.0 Å². The molecule has 1 unspecified atom stereocenters. The predicted octanol–water partition coefficient (Wildman–Crippen LogP) is 17.2. The van der Waals surface area contributed by atoms with Gasteiger partial charge in [-0.15, -0.1) is 0 Å². The molecule has 75 heavy (non-hydrogen) atoms. The molecule has 1 atom stereocenters. The largest absolute Gasteiger partial charge is 0.458 e. The number of ether oxygens (including phenoxy) is 1. The minimum absolute atomic E-state index is 0.0187. The van der Waals surface area contributed by atoms with Crippen molar-refractivity contribution in [1.82, 2.24) is 10.3 Å². The number of hydrogen-bond acceptors (Lipinski definition) is 5. The Morgan fingerprint density at radius 1 is 0.507 bits per heavy atom. The number of carbonyl (C=O) groups is 2. The highest BCUT2D eigenvalue weighted by molar-refractivity contribution is 5.89. The number of alkyl halides is 12. The van der Waals surface area contributed by atoms with Crippen molar-refractivity contribution in [2.75, 3.05) is 6.54 Å². The fourth-order valence-electron chi connectivity index (χ4n) is 12.8. The zero-order chi connectivity index (χ0) is 54.5. The number of halogens is 12. The molecule has 6 aliphatic carbocycles. The Morgan fingerprint density at radius 3 is 1.21 bits per heavy atom. The summed E-state index contributed by atoms with van der Waals surface area (Å²) in [5, 5.41) is 3.56. The molecule has 424 valence electrons. The first-order chi connectivity index (χ1) is 35.3. The maximum absolute atomic E-state index is 13.5. The number of benzene rings is 1. The minimum atomic E-state index is -2.68. The lowest BCUT2D eigenvalue weighted by Gasteiger charge is -2.42. The summed E-state index contributed by atoms with van der Waals surface area (Å²) in [6.45, 7) is 3.00. The Hall–Kier alpha value is -3.37. The second-order valence-corrected chi connectivity index (χ2v) is 23.2. The molecule has 1 N–H and O–H groups in total. The number of aromatic nitrogens is 1. The van der Waals surface area contributed by atoms with Crippen LogP contribution in [0.15, 0.2) is 54.7 Å². The first-order valence-corrected chi connectivity index (χ1v) is 28.0. The van der Waals surface area contributed by atoms with E-state index >= 15 is 0 Å². The number of nitrogens with one attached hydrogen (secondary N) is 1. The van der Waals surface area contributed by atoms with Crippen LogP contribution in [-0.2, 0) is 9.53 Å². The van der Waals surface area contributed by atoms with Crippen LogP contribution in [0.5, 0.6) is 0 Å². The normalized spacial score (nSPS) is 26.3. The average Bonchev–Trinajstić information content (AvgIpc) is 3.37. The molecule has 0 radical (unpaired) electrons. The SMILES string of the molecule is Cc1ccccn1.FC1(F)CCC(C(CC2CCCCN2)C2CCC(F)(F)CC2)CC1.O=C(C1CCC(F)(F)CC1)C1CCC(F)(F)CC1.O=C(OC(C1CCC(F)(F)CC1)C1CCC(F)(F)CC1)c1ccccc1. The zero-order valence-electron chi connectivity index (χ0n) is 43.6. The van der Waals surface area contributed by atoms with Crippen LogP contribution in [0.3, 0.4) is 0 Å². The van der Waals surface area contributed by atoms with E-state index in [-0.39, 0.29) is 158 Å². The lowest BCUT2D eigenvalue weighted by molar-refractivity contribution is -0.135. The Balaban J connectivity index is 0.000000173. The van der Waals surface area contributed by atoms with E-state index in [1.807, 2.05) is 25.1 Å². The number of Topliss-reactive ketones (excluding diaryl/α,β-unsaturated/α-hetero) is 1. The van der Waals surface area contributed by atoms with E-state index in [1.54, 1.807) is 36.5 Å². The van der Waals surface area contributed by atoms with Crippen LogP contribution in [-0.4, -0.2) is 71.0 Å². The smallest absolute Gasteiger partial charge is 0.338 e. The Labute approximate surface area is 436 Å². The zero-order valence-corrected chi connectivity index (χ0v) is 43.6. The van der Waals surface area contributed by atoms with Crippen molar-refractivity contribution in [2.24, 2.45) is 41.4 Å². The molecular weight excluding hydrogens is 1000 g/mol. The monoisotopic (exact) mass is 1080 g/mol. The molecule has 0 spiro atoms. The predicted molar refractivity (Wildman–Crippen MR) is 265 cm³/mol. The molecular formula is C58H80F12N2O3. The third-order valence-corrected chi connectivity index (χ3v) is 17.5. The fraction of sp³-hybridized carbons (Fsp3) is 0.776. The summed E-state index contributed by atoms with van der Waals surface area (Å²) in [5.74, 6) is -16.3. The van der Waals surface area contributed by atoms with Crippen LogP contribution in [0, 0.1) is 48.3 Å². The van der Waals surface area contributed by atoms with Gasteiger partial charge in [0.15, 0.2) is 0 Å². The fourth-order valence-corrected chi connectivity index (χ4v) is 12.8. The van der Waals surface area contributed by atoms with Gasteiger partial charge in [0, 0.05) is 107 Å². The molecule has 1 aromatic carbocycles.